The van der Waals surface area contributed by atoms with E-state index in [0.29, 0.717) is 0 Å². The third kappa shape index (κ3) is 3.54. The van der Waals surface area contributed by atoms with E-state index in [-0.39, 0.29) is 0 Å². The van der Waals surface area contributed by atoms with Crippen LogP contribution in [0, 0.1) is 0 Å². The Labute approximate surface area is 123 Å². The number of fused-ring (bicyclic) bond motifs is 1. The van der Waals surface area contributed by atoms with Crippen LogP contribution in [-0.2, 0) is 6.42 Å². The van der Waals surface area contributed by atoms with E-state index in [1.54, 1.807) is 5.56 Å². The molecule has 1 N–H and O–H groups in total. The van der Waals surface area contributed by atoms with Crippen LogP contribution in [0.1, 0.15) is 50.5 Å². The van der Waals surface area contributed by atoms with E-state index < -0.39 is 0 Å². The highest BCUT2D eigenvalue weighted by Gasteiger charge is 2.16. The van der Waals surface area contributed by atoms with Crippen LogP contribution in [0.5, 0.6) is 0 Å². The number of piperidine rings is 1. The van der Waals surface area contributed by atoms with Crippen molar-refractivity contribution in [3.8, 4) is 0 Å². The minimum absolute atomic E-state index is 0.783. The van der Waals surface area contributed by atoms with E-state index in [1.807, 2.05) is 0 Å². The van der Waals surface area contributed by atoms with Gasteiger partial charge in [0.25, 0.3) is 0 Å². The molecule has 0 radical (unpaired) electrons. The van der Waals surface area contributed by atoms with Gasteiger partial charge in [0.2, 0.25) is 0 Å². The lowest BCUT2D eigenvalue weighted by molar-refractivity contribution is 0.376. The number of nitrogens with one attached hydrogen (secondary N) is 1. The number of nitrogens with zero attached hydrogens (tertiary/aromatic N) is 1. The van der Waals surface area contributed by atoms with Crippen LogP contribution in [0.2, 0.25) is 0 Å². The van der Waals surface area contributed by atoms with Crippen molar-refractivity contribution in [3.05, 3.63) is 29.8 Å². The van der Waals surface area contributed by atoms with Crippen molar-refractivity contribution < 1.29 is 0 Å². The molecule has 20 heavy (non-hydrogen) atoms. The number of para-hydroxylation sites is 1. The monoisotopic (exact) mass is 272 g/mol. The second-order valence-corrected chi connectivity index (χ2v) is 6.36. The molecular weight excluding hydrogens is 244 g/mol. The average molecular weight is 272 g/mol. The quantitative estimate of drug-likeness (QED) is 0.898. The molecule has 1 saturated heterocycles. The summed E-state index contributed by atoms with van der Waals surface area (Å²) in [5.41, 5.74) is 3.06. The molecule has 1 unspecified atom stereocenters. The van der Waals surface area contributed by atoms with Crippen molar-refractivity contribution in [2.45, 2.75) is 57.4 Å². The van der Waals surface area contributed by atoms with Crippen LogP contribution in [0.4, 0.5) is 5.69 Å². The highest BCUT2D eigenvalue weighted by molar-refractivity contribution is 5.54. The van der Waals surface area contributed by atoms with E-state index in [1.165, 1.54) is 76.7 Å². The van der Waals surface area contributed by atoms with Gasteiger partial charge < -0.3 is 10.2 Å². The van der Waals surface area contributed by atoms with Gasteiger partial charge in [0, 0.05) is 24.8 Å². The highest BCUT2D eigenvalue weighted by atomic mass is 15.1. The van der Waals surface area contributed by atoms with Crippen molar-refractivity contribution in [1.29, 1.82) is 0 Å². The Hall–Kier alpha value is -1.02. The van der Waals surface area contributed by atoms with Crippen LogP contribution in [-0.4, -0.2) is 25.7 Å². The number of benzene rings is 1. The van der Waals surface area contributed by atoms with Gasteiger partial charge in [-0.2, -0.15) is 0 Å². The molecular formula is C18H28N2. The minimum Gasteiger partial charge on any atom is -0.371 e. The van der Waals surface area contributed by atoms with Crippen LogP contribution in [0.15, 0.2) is 24.3 Å². The number of rotatable bonds is 4. The van der Waals surface area contributed by atoms with E-state index >= 15 is 0 Å². The molecule has 0 spiro atoms. The van der Waals surface area contributed by atoms with E-state index in [9.17, 15) is 0 Å². The molecule has 1 aromatic rings. The molecule has 0 amide bonds. The largest absolute Gasteiger partial charge is 0.371 e. The topological polar surface area (TPSA) is 15.3 Å². The van der Waals surface area contributed by atoms with Gasteiger partial charge in [-0.05, 0) is 63.1 Å². The first kappa shape index (κ1) is 13.9. The molecule has 2 heterocycles. The second kappa shape index (κ2) is 7.12. The molecule has 2 heteroatoms. The summed E-state index contributed by atoms with van der Waals surface area (Å²) in [6, 6.07) is 9.80. The third-order valence-corrected chi connectivity index (χ3v) is 4.85. The zero-order valence-electron chi connectivity index (χ0n) is 12.6. The average Bonchev–Trinajstić information content (AvgIpc) is 2.71. The zero-order valence-corrected chi connectivity index (χ0v) is 12.6. The first-order valence-corrected chi connectivity index (χ1v) is 8.50. The lowest BCUT2D eigenvalue weighted by Gasteiger charge is -2.27. The molecule has 1 aromatic carbocycles. The Morgan fingerprint density at radius 2 is 2.05 bits per heavy atom. The maximum Gasteiger partial charge on any atom is 0.0398 e. The molecule has 110 valence electrons. The second-order valence-electron chi connectivity index (χ2n) is 6.36. The van der Waals surface area contributed by atoms with Crippen molar-refractivity contribution in [1.82, 2.24) is 5.32 Å². The van der Waals surface area contributed by atoms with Crippen LogP contribution in [0.3, 0.4) is 0 Å². The molecule has 0 bridgehead atoms. The van der Waals surface area contributed by atoms with E-state index in [0.717, 1.165) is 6.04 Å². The van der Waals surface area contributed by atoms with Crippen molar-refractivity contribution in [3.63, 3.8) is 0 Å². The van der Waals surface area contributed by atoms with Crippen molar-refractivity contribution in [2.75, 3.05) is 24.5 Å². The Morgan fingerprint density at radius 3 is 2.95 bits per heavy atom. The first-order valence-electron chi connectivity index (χ1n) is 8.50. The fourth-order valence-electron chi connectivity index (χ4n) is 3.70. The summed E-state index contributed by atoms with van der Waals surface area (Å²) in [6.07, 6.45) is 10.8. The fraction of sp³-hybridized carbons (Fsp3) is 0.667. The SMILES string of the molecule is c1ccc2c(c1)CCCCN2CCCC1CCCCN1. The molecule has 3 rings (SSSR count). The summed E-state index contributed by atoms with van der Waals surface area (Å²) in [4.78, 5) is 2.63. The summed E-state index contributed by atoms with van der Waals surface area (Å²) >= 11 is 0. The third-order valence-electron chi connectivity index (χ3n) is 4.85. The molecule has 2 nitrogen and oxygen atoms in total. The highest BCUT2D eigenvalue weighted by Crippen LogP contribution is 2.26. The van der Waals surface area contributed by atoms with Gasteiger partial charge in [0.1, 0.15) is 0 Å². The lowest BCUT2D eigenvalue weighted by atomic mass is 10.0. The Kier molecular flexibility index (Phi) is 4.96. The maximum atomic E-state index is 3.67. The Balaban J connectivity index is 1.54. The van der Waals surface area contributed by atoms with Crippen LogP contribution >= 0.6 is 0 Å². The smallest absolute Gasteiger partial charge is 0.0398 e. The molecule has 0 aromatic heterocycles. The first-order chi connectivity index (χ1) is 9.93. The van der Waals surface area contributed by atoms with Gasteiger partial charge in [-0.25, -0.2) is 0 Å². The van der Waals surface area contributed by atoms with Gasteiger partial charge in [-0.3, -0.25) is 0 Å². The van der Waals surface area contributed by atoms with E-state index in [4.69, 9.17) is 0 Å². The van der Waals surface area contributed by atoms with Gasteiger partial charge >= 0.3 is 0 Å². The van der Waals surface area contributed by atoms with Gasteiger partial charge in [0.05, 0.1) is 0 Å². The number of anilines is 1. The van der Waals surface area contributed by atoms with Gasteiger partial charge in [-0.15, -0.1) is 0 Å². The summed E-state index contributed by atoms with van der Waals surface area (Å²) in [5.74, 6) is 0. The van der Waals surface area contributed by atoms with Gasteiger partial charge in [-0.1, -0.05) is 24.6 Å². The summed E-state index contributed by atoms with van der Waals surface area (Å²) in [5, 5.41) is 3.67. The zero-order chi connectivity index (χ0) is 13.6. The summed E-state index contributed by atoms with van der Waals surface area (Å²) in [7, 11) is 0. The standard InChI is InChI=1S/C18H28N2/c1-2-12-18-16(8-1)9-4-6-14-20(18)15-7-11-17-10-3-5-13-19-17/h1-2,8,12,17,19H,3-7,9-11,13-15H2. The van der Waals surface area contributed by atoms with Crippen molar-refractivity contribution >= 4 is 5.69 Å². The van der Waals surface area contributed by atoms with Crippen molar-refractivity contribution in [2.24, 2.45) is 0 Å². The molecule has 1 atom stereocenters. The minimum atomic E-state index is 0.783. The normalized spacial score (nSPS) is 23.2. The molecule has 1 fully saturated rings. The number of hydrogen-bond donors (Lipinski definition) is 1. The summed E-state index contributed by atoms with van der Waals surface area (Å²) in [6.45, 7) is 3.71. The van der Waals surface area contributed by atoms with Gasteiger partial charge in [0.15, 0.2) is 0 Å². The number of aryl methyl sites for hydroxylation is 1. The van der Waals surface area contributed by atoms with E-state index in [2.05, 4.69) is 34.5 Å². The molecule has 2 aliphatic rings. The molecule has 0 aliphatic carbocycles. The molecule has 0 saturated carbocycles. The van der Waals surface area contributed by atoms with Crippen LogP contribution < -0.4 is 10.2 Å². The Morgan fingerprint density at radius 1 is 1.10 bits per heavy atom. The number of hydrogen-bond acceptors (Lipinski definition) is 2. The summed E-state index contributed by atoms with van der Waals surface area (Å²) < 4.78 is 0. The fourth-order valence-corrected chi connectivity index (χ4v) is 3.70. The van der Waals surface area contributed by atoms with Crippen LogP contribution in [0.25, 0.3) is 0 Å². The molecule has 2 aliphatic heterocycles. The predicted molar refractivity (Wildman–Crippen MR) is 86.5 cm³/mol. The lowest BCUT2D eigenvalue weighted by Crippen LogP contribution is -2.35. The maximum absolute atomic E-state index is 3.67. The Bertz CT molecular complexity index is 410. The predicted octanol–water partition coefficient (Wildman–Crippen LogP) is 3.75.